The van der Waals surface area contributed by atoms with Gasteiger partial charge in [0.25, 0.3) is 0 Å². The average molecular weight is 490 g/mol. The lowest BCUT2D eigenvalue weighted by atomic mass is 10.2. The van der Waals surface area contributed by atoms with Crippen LogP contribution in [0.2, 0.25) is 0 Å². The number of ether oxygens (including phenoxy) is 2. The van der Waals surface area contributed by atoms with Crippen molar-refractivity contribution in [3.05, 3.63) is 78.1 Å². The molecule has 1 aliphatic heterocycles. The molecule has 186 valence electrons. The Kier molecular flexibility index (Phi) is 8.82. The molecule has 4 rings (SSSR count). The molecule has 0 N–H and O–H groups in total. The van der Waals surface area contributed by atoms with E-state index in [1.165, 1.54) is 12.1 Å². The molecule has 8 nitrogen and oxygen atoms in total. The summed E-state index contributed by atoms with van der Waals surface area (Å²) in [5, 5.41) is 16.7. The zero-order valence-corrected chi connectivity index (χ0v) is 20.1. The summed E-state index contributed by atoms with van der Waals surface area (Å²) >= 11 is 0. The Labute approximate surface area is 209 Å². The highest BCUT2D eigenvalue weighted by Crippen LogP contribution is 2.26. The van der Waals surface area contributed by atoms with Gasteiger partial charge >= 0.3 is 5.97 Å². The average Bonchev–Trinajstić information content (AvgIpc) is 2.92. The summed E-state index contributed by atoms with van der Waals surface area (Å²) in [6.07, 6.45) is 1.63. The van der Waals surface area contributed by atoms with Crippen LogP contribution in [-0.2, 0) is 9.47 Å². The van der Waals surface area contributed by atoms with Crippen molar-refractivity contribution in [2.45, 2.75) is 19.8 Å². The van der Waals surface area contributed by atoms with Gasteiger partial charge in [0.2, 0.25) is 0 Å². The van der Waals surface area contributed by atoms with Gasteiger partial charge in [0.1, 0.15) is 5.82 Å². The van der Waals surface area contributed by atoms with E-state index in [1.54, 1.807) is 24.3 Å². The maximum atomic E-state index is 14.3. The van der Waals surface area contributed by atoms with E-state index < -0.39 is 11.8 Å². The molecule has 0 saturated carbocycles. The van der Waals surface area contributed by atoms with Crippen LogP contribution in [0.15, 0.2) is 87.2 Å². The highest BCUT2D eigenvalue weighted by molar-refractivity contribution is 5.90. The predicted molar refractivity (Wildman–Crippen MR) is 136 cm³/mol. The molecule has 0 bridgehead atoms. The molecule has 1 saturated heterocycles. The number of halogens is 1. The number of rotatable bonds is 9. The lowest BCUT2D eigenvalue weighted by Gasteiger charge is -2.28. The molecular formula is C27H28FN5O3. The summed E-state index contributed by atoms with van der Waals surface area (Å²) in [6, 6.07) is 19.0. The van der Waals surface area contributed by atoms with E-state index in [2.05, 4.69) is 25.4 Å². The second kappa shape index (κ2) is 12.6. The van der Waals surface area contributed by atoms with Gasteiger partial charge in [-0.3, -0.25) is 0 Å². The van der Waals surface area contributed by atoms with Crippen LogP contribution in [0.5, 0.6) is 0 Å². The van der Waals surface area contributed by atoms with Crippen molar-refractivity contribution in [2.24, 2.45) is 20.5 Å². The summed E-state index contributed by atoms with van der Waals surface area (Å²) in [4.78, 5) is 14.2. The molecule has 0 atom stereocenters. The van der Waals surface area contributed by atoms with Crippen LogP contribution in [0.4, 0.5) is 32.8 Å². The number of carbonyl (C=O) groups is 1. The van der Waals surface area contributed by atoms with Crippen molar-refractivity contribution in [3.8, 4) is 0 Å². The number of hydrogen-bond acceptors (Lipinski definition) is 8. The third-order valence-electron chi connectivity index (χ3n) is 5.54. The monoisotopic (exact) mass is 489 g/mol. The molecule has 0 amide bonds. The number of unbranched alkanes of at least 4 members (excludes halogenated alkanes) is 1. The SMILES string of the molecule is CCCCOC(=O)c1ccc(N=Nc2ccc(N=Nc3ccc(N4CCOCC4)cc3)cc2)cc1F. The van der Waals surface area contributed by atoms with Gasteiger partial charge in [0.15, 0.2) is 0 Å². The summed E-state index contributed by atoms with van der Waals surface area (Å²) in [5.74, 6) is -1.37. The number of anilines is 1. The first-order valence-corrected chi connectivity index (χ1v) is 12.0. The van der Waals surface area contributed by atoms with Gasteiger partial charge in [-0.1, -0.05) is 13.3 Å². The van der Waals surface area contributed by atoms with E-state index in [0.717, 1.165) is 56.6 Å². The van der Waals surface area contributed by atoms with Crippen molar-refractivity contribution in [1.82, 2.24) is 0 Å². The molecule has 0 aliphatic carbocycles. The van der Waals surface area contributed by atoms with E-state index in [1.807, 2.05) is 31.2 Å². The molecule has 1 fully saturated rings. The van der Waals surface area contributed by atoms with Crippen molar-refractivity contribution in [1.29, 1.82) is 0 Å². The van der Waals surface area contributed by atoms with Gasteiger partial charge in [-0.25, -0.2) is 9.18 Å². The van der Waals surface area contributed by atoms with Gasteiger partial charge in [0, 0.05) is 24.8 Å². The minimum Gasteiger partial charge on any atom is -0.462 e. The largest absolute Gasteiger partial charge is 0.462 e. The fourth-order valence-corrected chi connectivity index (χ4v) is 3.49. The first-order chi connectivity index (χ1) is 17.6. The number of benzene rings is 3. The van der Waals surface area contributed by atoms with Crippen LogP contribution >= 0.6 is 0 Å². The smallest absolute Gasteiger partial charge is 0.341 e. The van der Waals surface area contributed by atoms with Crippen molar-refractivity contribution >= 4 is 34.4 Å². The predicted octanol–water partition coefficient (Wildman–Crippen LogP) is 7.45. The fourth-order valence-electron chi connectivity index (χ4n) is 3.49. The lowest BCUT2D eigenvalue weighted by Crippen LogP contribution is -2.36. The van der Waals surface area contributed by atoms with Gasteiger partial charge in [0.05, 0.1) is 48.1 Å². The van der Waals surface area contributed by atoms with Gasteiger partial charge in [-0.2, -0.15) is 20.5 Å². The lowest BCUT2D eigenvalue weighted by molar-refractivity contribution is 0.0494. The summed E-state index contributed by atoms with van der Waals surface area (Å²) in [6.45, 7) is 5.52. The molecule has 3 aromatic carbocycles. The summed E-state index contributed by atoms with van der Waals surface area (Å²) in [5.41, 5.74) is 3.33. The standard InChI is InChI=1S/C27H28FN5O3/c1-2-3-16-36-27(34)25-13-10-23(19-26(25)28)32-31-21-6-4-20(5-7-21)29-30-22-8-11-24(12-9-22)33-14-17-35-18-15-33/h4-13,19H,2-3,14-18H2,1H3. The quantitative estimate of drug-likeness (QED) is 0.177. The molecule has 36 heavy (non-hydrogen) atoms. The van der Waals surface area contributed by atoms with E-state index in [0.29, 0.717) is 17.1 Å². The Morgan fingerprint density at radius 3 is 1.94 bits per heavy atom. The summed E-state index contributed by atoms with van der Waals surface area (Å²) < 4.78 is 24.7. The van der Waals surface area contributed by atoms with Gasteiger partial charge < -0.3 is 14.4 Å². The van der Waals surface area contributed by atoms with E-state index >= 15 is 0 Å². The Morgan fingerprint density at radius 2 is 1.39 bits per heavy atom. The first kappa shape index (κ1) is 25.1. The highest BCUT2D eigenvalue weighted by Gasteiger charge is 2.13. The molecule has 0 radical (unpaired) electrons. The van der Waals surface area contributed by atoms with E-state index in [9.17, 15) is 9.18 Å². The maximum Gasteiger partial charge on any atom is 0.341 e. The second-order valence-corrected chi connectivity index (χ2v) is 8.19. The molecule has 0 unspecified atom stereocenters. The number of morpholine rings is 1. The first-order valence-electron chi connectivity index (χ1n) is 12.0. The Hall–Kier alpha value is -3.98. The topological polar surface area (TPSA) is 88.2 Å². The maximum absolute atomic E-state index is 14.3. The van der Waals surface area contributed by atoms with Crippen LogP contribution in [0.25, 0.3) is 0 Å². The zero-order valence-electron chi connectivity index (χ0n) is 20.1. The molecule has 1 aliphatic rings. The molecule has 0 spiro atoms. The molecule has 0 aromatic heterocycles. The van der Waals surface area contributed by atoms with Crippen LogP contribution in [0.3, 0.4) is 0 Å². The molecule has 9 heteroatoms. The molecular weight excluding hydrogens is 461 g/mol. The highest BCUT2D eigenvalue weighted by atomic mass is 19.1. The number of hydrogen-bond donors (Lipinski definition) is 0. The number of esters is 1. The number of azo groups is 2. The van der Waals surface area contributed by atoms with Crippen molar-refractivity contribution < 1.29 is 18.7 Å². The van der Waals surface area contributed by atoms with E-state index in [-0.39, 0.29) is 12.2 Å². The van der Waals surface area contributed by atoms with Crippen LogP contribution in [-0.4, -0.2) is 38.9 Å². The second-order valence-electron chi connectivity index (χ2n) is 8.19. The van der Waals surface area contributed by atoms with E-state index in [4.69, 9.17) is 9.47 Å². The summed E-state index contributed by atoms with van der Waals surface area (Å²) in [7, 11) is 0. The minimum atomic E-state index is -0.693. The molecule has 1 heterocycles. The molecule has 3 aromatic rings. The Morgan fingerprint density at radius 1 is 0.861 bits per heavy atom. The van der Waals surface area contributed by atoms with Crippen LogP contribution in [0, 0.1) is 5.82 Å². The normalized spacial score (nSPS) is 14.0. The van der Waals surface area contributed by atoms with Crippen LogP contribution in [0.1, 0.15) is 30.1 Å². The van der Waals surface area contributed by atoms with Crippen LogP contribution < -0.4 is 4.90 Å². The third-order valence-corrected chi connectivity index (χ3v) is 5.54. The Balaban J connectivity index is 1.33. The minimum absolute atomic E-state index is 0.115. The fraction of sp³-hybridized carbons (Fsp3) is 0.296. The van der Waals surface area contributed by atoms with Gasteiger partial charge in [-0.15, -0.1) is 0 Å². The van der Waals surface area contributed by atoms with Crippen molar-refractivity contribution in [2.75, 3.05) is 37.8 Å². The van der Waals surface area contributed by atoms with Gasteiger partial charge in [-0.05, 0) is 67.1 Å². The Bertz CT molecular complexity index is 1210. The third kappa shape index (κ3) is 7.02. The number of nitrogens with zero attached hydrogens (tertiary/aromatic N) is 5. The van der Waals surface area contributed by atoms with Crippen molar-refractivity contribution in [3.63, 3.8) is 0 Å². The number of carbonyl (C=O) groups excluding carboxylic acids is 1. The zero-order chi connectivity index (χ0) is 25.2.